The van der Waals surface area contributed by atoms with Gasteiger partial charge in [0.25, 0.3) is 0 Å². The molecule has 0 saturated heterocycles. The average molecular weight is 304 g/mol. The lowest BCUT2D eigenvalue weighted by Crippen LogP contribution is -2.49. The molecule has 19 heavy (non-hydrogen) atoms. The summed E-state index contributed by atoms with van der Waals surface area (Å²) in [4.78, 5) is 0. The molecule has 0 bridgehead atoms. The van der Waals surface area contributed by atoms with Crippen LogP contribution in [-0.2, 0) is 0 Å². The summed E-state index contributed by atoms with van der Waals surface area (Å²) in [7, 11) is 0. The average Bonchev–Trinajstić information content (AvgIpc) is 2.10. The maximum atomic E-state index is 12.2. The second-order valence-electron chi connectivity index (χ2n) is 3.01. The molecule has 0 atom stereocenters. The molecule has 13 heteroatoms. The molecule has 0 aliphatic carbocycles. The molecular weight excluding hydrogens is 299 g/mol. The van der Waals surface area contributed by atoms with Crippen molar-refractivity contribution >= 4 is 11.4 Å². The lowest BCUT2D eigenvalue weighted by molar-refractivity contribution is -0.260. The van der Waals surface area contributed by atoms with Gasteiger partial charge < -0.3 is 11.7 Å². The Morgan fingerprint density at radius 1 is 0.737 bits per heavy atom. The Morgan fingerprint density at radius 2 is 1.11 bits per heavy atom. The van der Waals surface area contributed by atoms with E-state index in [4.69, 9.17) is 0 Å². The third kappa shape index (κ3) is 4.17. The minimum absolute atomic E-state index is 1.86. The van der Waals surface area contributed by atoms with Gasteiger partial charge in [-0.25, -0.2) is 0 Å². The largest absolute Gasteiger partial charge is 0.436 e. The maximum absolute atomic E-state index is 12.2. The van der Waals surface area contributed by atoms with Gasteiger partial charge in [-0.05, 0) is 0 Å². The second-order valence-corrected chi connectivity index (χ2v) is 3.01. The van der Waals surface area contributed by atoms with E-state index in [9.17, 15) is 39.5 Å². The number of nitrogens with zero attached hydrogens (tertiary/aromatic N) is 2. The van der Waals surface area contributed by atoms with Crippen LogP contribution in [0.1, 0.15) is 0 Å². The number of halogens is 9. The molecule has 0 fully saturated rings. The summed E-state index contributed by atoms with van der Waals surface area (Å²) < 4.78 is 110. The summed E-state index contributed by atoms with van der Waals surface area (Å²) in [6, 6.07) is 0. The van der Waals surface area contributed by atoms with E-state index < -0.39 is 35.9 Å². The van der Waals surface area contributed by atoms with Crippen molar-refractivity contribution < 1.29 is 39.5 Å². The molecule has 0 saturated carbocycles. The molecule has 0 unspecified atom stereocenters. The zero-order chi connectivity index (χ0) is 15.6. The first kappa shape index (κ1) is 17.3. The molecule has 0 spiro atoms. The standard InChI is InChI=1S/C6H5F9N4/c7-4(8,9)2(5(10,11)12)1(18-16)3(19-17)6(13,14)15/h2H,16-17H2/b18-1+,19-3+. The van der Waals surface area contributed by atoms with Crippen LogP contribution in [0.4, 0.5) is 39.5 Å². The molecule has 0 amide bonds. The van der Waals surface area contributed by atoms with E-state index in [0.717, 1.165) is 0 Å². The van der Waals surface area contributed by atoms with E-state index in [1.54, 1.807) is 0 Å². The van der Waals surface area contributed by atoms with Crippen molar-refractivity contribution in [2.75, 3.05) is 0 Å². The second kappa shape index (κ2) is 5.13. The van der Waals surface area contributed by atoms with Gasteiger partial charge in [-0.3, -0.25) is 0 Å². The molecule has 0 radical (unpaired) electrons. The van der Waals surface area contributed by atoms with Crippen molar-refractivity contribution in [2.45, 2.75) is 18.5 Å². The predicted octanol–water partition coefficient (Wildman–Crippen LogP) is 1.92. The fraction of sp³-hybridized carbons (Fsp3) is 0.667. The number of nitrogens with two attached hydrogens (primary N) is 2. The molecule has 0 aromatic rings. The Balaban J connectivity index is 5.95. The van der Waals surface area contributed by atoms with Gasteiger partial charge in [-0.15, -0.1) is 0 Å². The summed E-state index contributed by atoms with van der Waals surface area (Å²) in [6.45, 7) is 0. The van der Waals surface area contributed by atoms with E-state index in [1.165, 1.54) is 0 Å². The zero-order valence-corrected chi connectivity index (χ0v) is 8.53. The Hall–Kier alpha value is -1.69. The summed E-state index contributed by atoms with van der Waals surface area (Å²) in [6.07, 6.45) is -17.9. The van der Waals surface area contributed by atoms with Crippen molar-refractivity contribution in [1.29, 1.82) is 0 Å². The minimum Gasteiger partial charge on any atom is -0.323 e. The molecule has 112 valence electrons. The van der Waals surface area contributed by atoms with Gasteiger partial charge in [0.2, 0.25) is 0 Å². The highest BCUT2D eigenvalue weighted by Gasteiger charge is 2.62. The number of hydrazone groups is 2. The van der Waals surface area contributed by atoms with Crippen LogP contribution >= 0.6 is 0 Å². The Morgan fingerprint density at radius 3 is 1.26 bits per heavy atom. The SMILES string of the molecule is N/N=C(/C(=N\N)C(F)(F)F)C(C(F)(F)F)C(F)(F)F. The van der Waals surface area contributed by atoms with Gasteiger partial charge in [0, 0.05) is 0 Å². The highest BCUT2D eigenvalue weighted by molar-refractivity contribution is 6.45. The molecule has 0 rings (SSSR count). The van der Waals surface area contributed by atoms with Crippen LogP contribution in [0.15, 0.2) is 10.2 Å². The molecule has 0 aliphatic rings. The summed E-state index contributed by atoms with van der Waals surface area (Å²) in [5, 5.41) is 3.76. The highest BCUT2D eigenvalue weighted by atomic mass is 19.4. The van der Waals surface area contributed by atoms with Gasteiger partial charge >= 0.3 is 18.5 Å². The molecule has 0 aromatic heterocycles. The van der Waals surface area contributed by atoms with Crippen LogP contribution in [0, 0.1) is 5.92 Å². The van der Waals surface area contributed by atoms with E-state index >= 15 is 0 Å². The van der Waals surface area contributed by atoms with Gasteiger partial charge in [-0.2, -0.15) is 49.7 Å². The first-order valence-corrected chi connectivity index (χ1v) is 4.03. The van der Waals surface area contributed by atoms with Gasteiger partial charge in [-0.1, -0.05) is 0 Å². The normalized spacial score (nSPS) is 16.1. The van der Waals surface area contributed by atoms with Crippen LogP contribution in [0.3, 0.4) is 0 Å². The first-order chi connectivity index (χ1) is 8.26. The van der Waals surface area contributed by atoms with Crippen molar-refractivity contribution in [1.82, 2.24) is 0 Å². The van der Waals surface area contributed by atoms with Crippen molar-refractivity contribution in [3.63, 3.8) is 0 Å². The lowest BCUT2D eigenvalue weighted by Gasteiger charge is -2.24. The zero-order valence-electron chi connectivity index (χ0n) is 8.53. The Labute approximate surface area is 98.5 Å². The maximum Gasteiger partial charge on any atom is 0.436 e. The number of hydrogen-bond donors (Lipinski definition) is 2. The summed E-state index contributed by atoms with van der Waals surface area (Å²) >= 11 is 0. The molecule has 0 aliphatic heterocycles. The molecule has 0 heterocycles. The van der Waals surface area contributed by atoms with Gasteiger partial charge in [0.1, 0.15) is 5.71 Å². The first-order valence-electron chi connectivity index (χ1n) is 4.03. The fourth-order valence-corrected chi connectivity index (χ4v) is 1.05. The van der Waals surface area contributed by atoms with Crippen LogP contribution in [-0.4, -0.2) is 30.0 Å². The van der Waals surface area contributed by atoms with Crippen LogP contribution in [0.5, 0.6) is 0 Å². The number of rotatable bonds is 2. The minimum atomic E-state index is -6.10. The Bertz CT molecular complexity index is 360. The van der Waals surface area contributed by atoms with Crippen molar-refractivity contribution in [3.05, 3.63) is 0 Å². The lowest BCUT2D eigenvalue weighted by atomic mass is 9.97. The van der Waals surface area contributed by atoms with E-state index in [2.05, 4.69) is 11.7 Å². The molecule has 4 nitrogen and oxygen atoms in total. The van der Waals surface area contributed by atoms with Crippen molar-refractivity contribution in [3.8, 4) is 0 Å². The third-order valence-corrected chi connectivity index (χ3v) is 1.71. The van der Waals surface area contributed by atoms with E-state index in [-0.39, 0.29) is 0 Å². The predicted molar refractivity (Wildman–Crippen MR) is 44.9 cm³/mol. The fourth-order valence-electron chi connectivity index (χ4n) is 1.05. The molecule has 4 N–H and O–H groups in total. The highest BCUT2D eigenvalue weighted by Crippen LogP contribution is 2.41. The molecule has 0 aromatic carbocycles. The third-order valence-electron chi connectivity index (χ3n) is 1.71. The van der Waals surface area contributed by atoms with Crippen LogP contribution in [0.25, 0.3) is 0 Å². The quantitative estimate of drug-likeness (QED) is 0.354. The van der Waals surface area contributed by atoms with E-state index in [0.29, 0.717) is 0 Å². The smallest absolute Gasteiger partial charge is 0.323 e. The molecular formula is C6H5F9N4. The Kier molecular flexibility index (Phi) is 4.67. The van der Waals surface area contributed by atoms with Gasteiger partial charge in [0.05, 0.1) is 0 Å². The monoisotopic (exact) mass is 304 g/mol. The summed E-state index contributed by atoms with van der Waals surface area (Å²) in [5.41, 5.74) is -5.22. The number of hydrogen-bond acceptors (Lipinski definition) is 4. The van der Waals surface area contributed by atoms with Gasteiger partial charge in [0.15, 0.2) is 11.6 Å². The summed E-state index contributed by atoms with van der Waals surface area (Å²) in [5.74, 6) is 3.80. The van der Waals surface area contributed by atoms with Crippen LogP contribution in [0.2, 0.25) is 0 Å². The topological polar surface area (TPSA) is 76.8 Å². The number of alkyl halides is 9. The van der Waals surface area contributed by atoms with Crippen molar-refractivity contribution in [2.24, 2.45) is 27.8 Å². The van der Waals surface area contributed by atoms with Crippen LogP contribution < -0.4 is 11.7 Å². The van der Waals surface area contributed by atoms with E-state index in [1.807, 2.05) is 10.2 Å².